The summed E-state index contributed by atoms with van der Waals surface area (Å²) in [5.41, 5.74) is 5.59. The second kappa shape index (κ2) is 24.3. The molecule has 12 rings (SSSR count). The first-order valence-electron chi connectivity index (χ1n) is 25.4. The van der Waals surface area contributed by atoms with Gasteiger partial charge in [-0.1, -0.05) is 7.43 Å². The Morgan fingerprint density at radius 1 is 0.573 bits per heavy atom. The molecule has 20 nitrogen and oxygen atoms in total. The summed E-state index contributed by atoms with van der Waals surface area (Å²) in [5.74, 6) is -2.36. The van der Waals surface area contributed by atoms with Gasteiger partial charge in [0.25, 0.3) is 11.8 Å². The zero-order chi connectivity index (χ0) is 57.0. The van der Waals surface area contributed by atoms with E-state index in [4.69, 9.17) is 28.8 Å². The SMILES string of the molecule is C.CN1CCC(F)(F)C(O)C1.COc1ccc2ncnc(Nc3ccc(Oc4ccn5ncnc5c4)c(C)c3)c2c1F.COc1ccc2ncnc(Nc3ccc(Oc4ccn5ncnc5c4)c(C)c3)c2c1OC1CN(C)CCC1(F)F. The summed E-state index contributed by atoms with van der Waals surface area (Å²) in [4.78, 5) is 29.0. The Morgan fingerprint density at radius 3 is 1.57 bits per heavy atom. The molecule has 2 unspecified atom stereocenters. The number of fused-ring (bicyclic) bond motifs is 4. The summed E-state index contributed by atoms with van der Waals surface area (Å²) < 4.78 is 102. The van der Waals surface area contributed by atoms with Crippen LogP contribution in [0.25, 0.3) is 33.1 Å². The number of ether oxygens (including phenoxy) is 5. The fourth-order valence-corrected chi connectivity index (χ4v) is 9.05. The normalized spacial score (nSPS) is 16.7. The highest BCUT2D eigenvalue weighted by atomic mass is 19.3. The minimum absolute atomic E-state index is 0. The van der Waals surface area contributed by atoms with Gasteiger partial charge in [0.2, 0.25) is 0 Å². The lowest BCUT2D eigenvalue weighted by Gasteiger charge is -2.36. The Balaban J connectivity index is 0.000000171. The number of aryl methyl sites for hydroxylation is 2. The summed E-state index contributed by atoms with van der Waals surface area (Å²) in [6.45, 7) is 4.67. The predicted octanol–water partition coefficient (Wildman–Crippen LogP) is 10.9. The summed E-state index contributed by atoms with van der Waals surface area (Å²) >= 11 is 0. The molecule has 25 heteroatoms. The van der Waals surface area contributed by atoms with Gasteiger partial charge in [0.05, 0.1) is 36.0 Å². The predicted molar refractivity (Wildman–Crippen MR) is 298 cm³/mol. The number of rotatable bonds is 12. The van der Waals surface area contributed by atoms with Crippen LogP contribution in [0.4, 0.5) is 45.0 Å². The quantitative estimate of drug-likeness (QED) is 0.0972. The van der Waals surface area contributed by atoms with Gasteiger partial charge in [-0.15, -0.1) is 0 Å². The van der Waals surface area contributed by atoms with Crippen LogP contribution in [-0.2, 0) is 0 Å². The molecule has 0 bridgehead atoms. The van der Waals surface area contributed by atoms with Gasteiger partial charge in [0.15, 0.2) is 40.5 Å². The van der Waals surface area contributed by atoms with E-state index in [2.05, 4.69) is 50.7 Å². The third kappa shape index (κ3) is 12.8. The molecule has 0 saturated carbocycles. The highest BCUT2D eigenvalue weighted by molar-refractivity contribution is 5.98. The second-order valence-electron chi connectivity index (χ2n) is 19.3. The third-order valence-corrected chi connectivity index (χ3v) is 13.5. The topological polar surface area (TPSA) is 209 Å². The first kappa shape index (κ1) is 57.6. The number of aliphatic hydroxyl groups is 1. The van der Waals surface area contributed by atoms with Crippen LogP contribution in [0.5, 0.6) is 40.2 Å². The van der Waals surface area contributed by atoms with Crippen molar-refractivity contribution in [2.24, 2.45) is 0 Å². The number of likely N-dealkylation sites (N-methyl/N-ethyl adjacent to an activating group) is 2. The lowest BCUT2D eigenvalue weighted by Crippen LogP contribution is -2.52. The maximum Gasteiger partial charge on any atom is 0.286 e. The number of aliphatic hydroxyl groups excluding tert-OH is 1. The van der Waals surface area contributed by atoms with Crippen LogP contribution in [-0.4, -0.2) is 143 Å². The van der Waals surface area contributed by atoms with Crippen LogP contribution in [0.1, 0.15) is 31.4 Å². The van der Waals surface area contributed by atoms with Gasteiger partial charge >= 0.3 is 0 Å². The molecule has 3 N–H and O–H groups in total. The molecule has 0 radical (unpaired) electrons. The lowest BCUT2D eigenvalue weighted by atomic mass is 10.0. The van der Waals surface area contributed by atoms with E-state index in [1.807, 2.05) is 73.3 Å². The number of methoxy groups -OCH3 is 2. The van der Waals surface area contributed by atoms with Crippen molar-refractivity contribution in [1.82, 2.24) is 58.9 Å². The molecule has 2 atom stereocenters. The highest BCUT2D eigenvalue weighted by Crippen LogP contribution is 2.43. The molecular formula is C57H59F5N14O6. The van der Waals surface area contributed by atoms with Gasteiger partial charge < -0.3 is 49.2 Å². The number of nitrogens with zero attached hydrogens (tertiary/aromatic N) is 12. The average Bonchev–Trinajstić information content (AvgIpc) is 4.19. The fourth-order valence-electron chi connectivity index (χ4n) is 9.05. The first-order chi connectivity index (χ1) is 38.9. The summed E-state index contributed by atoms with van der Waals surface area (Å²) in [6.07, 6.45) is 5.97. The molecule has 0 amide bonds. The molecule has 428 valence electrons. The zero-order valence-corrected chi connectivity index (χ0v) is 44.7. The van der Waals surface area contributed by atoms with Crippen molar-refractivity contribution in [2.45, 2.75) is 58.2 Å². The molecule has 2 aliphatic rings. The van der Waals surface area contributed by atoms with Gasteiger partial charge in [-0.2, -0.15) is 10.2 Å². The van der Waals surface area contributed by atoms with Crippen LogP contribution >= 0.6 is 0 Å². The minimum Gasteiger partial charge on any atom is -0.494 e. The Kier molecular flexibility index (Phi) is 17.1. The number of hydrogen-bond donors (Lipinski definition) is 3. The molecule has 10 aromatic rings. The number of alkyl halides is 4. The number of β-amino-alcohol motifs (C(OH)–C–C–N with tert-alkyl or cyclic N) is 1. The molecular weight excluding hydrogens is 1070 g/mol. The van der Waals surface area contributed by atoms with Crippen LogP contribution in [0.3, 0.4) is 0 Å². The molecule has 6 aromatic heterocycles. The number of anilines is 4. The van der Waals surface area contributed by atoms with Gasteiger partial charge in [0.1, 0.15) is 66.0 Å². The minimum atomic E-state index is -2.99. The Bertz CT molecular complexity index is 3870. The molecule has 82 heavy (non-hydrogen) atoms. The number of halogens is 5. The van der Waals surface area contributed by atoms with E-state index in [-0.39, 0.29) is 50.2 Å². The monoisotopic (exact) mass is 1130 g/mol. The molecule has 2 saturated heterocycles. The zero-order valence-electron chi connectivity index (χ0n) is 44.7. The van der Waals surface area contributed by atoms with Crippen LogP contribution in [0, 0.1) is 19.7 Å². The second-order valence-corrected chi connectivity index (χ2v) is 19.3. The van der Waals surface area contributed by atoms with E-state index in [1.165, 1.54) is 39.5 Å². The van der Waals surface area contributed by atoms with Crippen LogP contribution in [0.2, 0.25) is 0 Å². The molecule has 0 spiro atoms. The Labute approximate surface area is 467 Å². The highest BCUT2D eigenvalue weighted by Gasteiger charge is 2.46. The van der Waals surface area contributed by atoms with Gasteiger partial charge in [-0.25, -0.2) is 60.9 Å². The van der Waals surface area contributed by atoms with Crippen molar-refractivity contribution in [1.29, 1.82) is 0 Å². The smallest absolute Gasteiger partial charge is 0.286 e. The fraction of sp³-hybridized carbons (Fsp3) is 0.298. The van der Waals surface area contributed by atoms with Gasteiger partial charge in [-0.05, 0) is 112 Å². The third-order valence-electron chi connectivity index (χ3n) is 13.5. The summed E-state index contributed by atoms with van der Waals surface area (Å²) in [6, 6.07) is 25.0. The van der Waals surface area contributed by atoms with Crippen LogP contribution < -0.4 is 34.3 Å². The maximum atomic E-state index is 14.9. The standard InChI is InChI=1S/C28H27F2N7O3.C22H17FN6O2.C6H11F2NO.CH4/c1-17-12-18(4-6-21(17)39-19-8-10-37-24(13-19)32-16-34-37)35-27-25-20(31-15-33-27)5-7-22(38-3)26(25)40-23-14-36(2)11-9-28(23,29)30;1-13-9-14(3-5-17(13)31-15-7-8-29-19(10-15)25-12-27-29)28-22-20-16(24-11-26-22)4-6-18(30-2)21(20)23;1-9-3-2-6(7,8)5(10)4-9;/h4-8,10,12-13,15-16,23H,9,11,14H2,1-3H3,(H,31,33,35);3-12H,1-2H3,(H,24,26,28);5,10H,2-4H2,1H3;1H4. The number of nitrogens with one attached hydrogen (secondary N) is 2. The Morgan fingerprint density at radius 2 is 1.06 bits per heavy atom. The van der Waals surface area contributed by atoms with E-state index in [1.54, 1.807) is 70.8 Å². The largest absolute Gasteiger partial charge is 0.494 e. The number of likely N-dealkylation sites (tertiary alicyclic amines) is 2. The Hall–Kier alpha value is -9.07. The maximum absolute atomic E-state index is 14.9. The van der Waals surface area contributed by atoms with Crippen molar-refractivity contribution in [2.75, 3.05) is 65.1 Å². The lowest BCUT2D eigenvalue weighted by molar-refractivity contribution is -0.143. The molecule has 0 aliphatic carbocycles. The first-order valence-corrected chi connectivity index (χ1v) is 25.4. The number of pyridine rings is 2. The molecule has 8 heterocycles. The summed E-state index contributed by atoms with van der Waals surface area (Å²) in [7, 11) is 6.41. The van der Waals surface area contributed by atoms with Crippen molar-refractivity contribution < 1.29 is 50.7 Å². The van der Waals surface area contributed by atoms with E-state index in [9.17, 15) is 22.0 Å². The van der Waals surface area contributed by atoms with Gasteiger partial charge in [-0.3, -0.25) is 0 Å². The number of aromatic nitrogens is 10. The van der Waals surface area contributed by atoms with E-state index in [0.717, 1.165) is 16.8 Å². The van der Waals surface area contributed by atoms with E-state index >= 15 is 0 Å². The van der Waals surface area contributed by atoms with Crippen molar-refractivity contribution in [3.63, 3.8) is 0 Å². The number of benzene rings is 4. The number of piperidine rings is 2. The molecule has 2 aliphatic heterocycles. The van der Waals surface area contributed by atoms with Gasteiger partial charge in [0, 0.05) is 74.9 Å². The van der Waals surface area contributed by atoms with E-state index < -0.39 is 29.9 Å². The van der Waals surface area contributed by atoms with Crippen molar-refractivity contribution in [3.8, 4) is 40.2 Å². The summed E-state index contributed by atoms with van der Waals surface area (Å²) in [5, 5.41) is 24.2. The van der Waals surface area contributed by atoms with E-state index in [0.29, 0.717) is 86.9 Å². The molecule has 4 aromatic carbocycles. The van der Waals surface area contributed by atoms with Crippen molar-refractivity contribution in [3.05, 3.63) is 140 Å². The number of hydrogen-bond acceptors (Lipinski definition) is 18. The molecule has 2 fully saturated rings. The van der Waals surface area contributed by atoms with Crippen molar-refractivity contribution >= 4 is 56.1 Å². The average molecular weight is 1130 g/mol. The van der Waals surface area contributed by atoms with Crippen LogP contribution in [0.15, 0.2) is 123 Å².